The van der Waals surface area contributed by atoms with E-state index in [9.17, 15) is 18.0 Å². The van der Waals surface area contributed by atoms with E-state index in [0.717, 1.165) is 0 Å². The molecule has 116 valence electrons. The lowest BCUT2D eigenvalue weighted by Crippen LogP contribution is -2.40. The molecule has 0 aliphatic heterocycles. The summed E-state index contributed by atoms with van der Waals surface area (Å²) >= 11 is 0. The first-order chi connectivity index (χ1) is 9.90. The van der Waals surface area contributed by atoms with Crippen LogP contribution in [0, 0.1) is 5.92 Å². The van der Waals surface area contributed by atoms with Crippen LogP contribution < -0.4 is 10.6 Å². The van der Waals surface area contributed by atoms with Crippen molar-refractivity contribution in [3.05, 3.63) is 23.9 Å². The maximum absolute atomic E-state index is 12.6. The van der Waals surface area contributed by atoms with E-state index in [2.05, 4.69) is 15.6 Å². The minimum absolute atomic E-state index is 0.0748. The zero-order valence-corrected chi connectivity index (χ0v) is 11.7. The van der Waals surface area contributed by atoms with Gasteiger partial charge in [-0.15, -0.1) is 0 Å². The van der Waals surface area contributed by atoms with E-state index in [0.29, 0.717) is 24.2 Å². The van der Waals surface area contributed by atoms with Crippen LogP contribution in [0.15, 0.2) is 18.3 Å². The summed E-state index contributed by atoms with van der Waals surface area (Å²) in [6, 6.07) is 3.12. The van der Waals surface area contributed by atoms with Gasteiger partial charge in [0.2, 0.25) is 0 Å². The Hall–Kier alpha value is -1.79. The molecule has 1 aromatic heterocycles. The predicted octanol–water partition coefficient (Wildman–Crippen LogP) is 2.97. The number of anilines is 1. The lowest BCUT2D eigenvalue weighted by molar-refractivity contribution is -0.182. The molecule has 1 fully saturated rings. The molecule has 4 nitrogen and oxygen atoms in total. The first-order valence-electron chi connectivity index (χ1n) is 6.91. The molecule has 7 heteroatoms. The number of halogens is 3. The van der Waals surface area contributed by atoms with E-state index in [1.165, 1.54) is 6.20 Å². The molecular formula is C14H18F3N3O. The van der Waals surface area contributed by atoms with E-state index in [4.69, 9.17) is 0 Å². The van der Waals surface area contributed by atoms with Gasteiger partial charge in [-0.1, -0.05) is 0 Å². The summed E-state index contributed by atoms with van der Waals surface area (Å²) in [5, 5.41) is 5.62. The number of nitrogens with zero attached hydrogens (tertiary/aromatic N) is 1. The third kappa shape index (κ3) is 4.09. The first-order valence-corrected chi connectivity index (χ1v) is 6.91. The second kappa shape index (κ2) is 6.32. The van der Waals surface area contributed by atoms with Gasteiger partial charge in [-0.3, -0.25) is 4.79 Å². The fourth-order valence-electron chi connectivity index (χ4n) is 2.51. The van der Waals surface area contributed by atoms with Crippen LogP contribution in [0.2, 0.25) is 0 Å². The molecule has 1 aliphatic carbocycles. The van der Waals surface area contributed by atoms with Crippen LogP contribution in [0.4, 0.5) is 19.0 Å². The highest BCUT2D eigenvalue weighted by atomic mass is 19.4. The molecule has 2 rings (SSSR count). The van der Waals surface area contributed by atoms with E-state index >= 15 is 0 Å². The molecule has 2 N–H and O–H groups in total. The van der Waals surface area contributed by atoms with Crippen LogP contribution in [0.3, 0.4) is 0 Å². The molecule has 0 bridgehead atoms. The highest BCUT2D eigenvalue weighted by molar-refractivity contribution is 5.94. The van der Waals surface area contributed by atoms with Gasteiger partial charge >= 0.3 is 6.18 Å². The van der Waals surface area contributed by atoms with Crippen molar-refractivity contribution < 1.29 is 18.0 Å². The second-order valence-electron chi connectivity index (χ2n) is 5.25. The van der Waals surface area contributed by atoms with Crippen molar-refractivity contribution in [2.45, 2.75) is 37.9 Å². The molecule has 0 radical (unpaired) electrons. The van der Waals surface area contributed by atoms with Crippen molar-refractivity contribution in [3.8, 4) is 0 Å². The summed E-state index contributed by atoms with van der Waals surface area (Å²) < 4.78 is 37.7. The van der Waals surface area contributed by atoms with Crippen LogP contribution in [0.5, 0.6) is 0 Å². The van der Waals surface area contributed by atoms with Crippen molar-refractivity contribution in [3.63, 3.8) is 0 Å². The number of rotatable bonds is 3. The molecule has 1 amide bonds. The van der Waals surface area contributed by atoms with Crippen molar-refractivity contribution in [2.24, 2.45) is 5.92 Å². The van der Waals surface area contributed by atoms with E-state index in [-0.39, 0.29) is 24.8 Å². The van der Waals surface area contributed by atoms with Crippen LogP contribution in [0.25, 0.3) is 0 Å². The maximum Gasteiger partial charge on any atom is 0.391 e. The second-order valence-corrected chi connectivity index (χ2v) is 5.25. The van der Waals surface area contributed by atoms with Gasteiger partial charge < -0.3 is 10.6 Å². The van der Waals surface area contributed by atoms with Crippen LogP contribution in [-0.2, 0) is 0 Å². The van der Waals surface area contributed by atoms with Crippen molar-refractivity contribution >= 4 is 11.7 Å². The molecule has 1 aliphatic rings. The summed E-state index contributed by atoms with van der Waals surface area (Å²) in [5.41, 5.74) is 0.409. The average molecular weight is 301 g/mol. The van der Waals surface area contributed by atoms with Gasteiger partial charge in [0.15, 0.2) is 0 Å². The number of carbonyl (C=O) groups excluding carboxylic acids is 1. The SMILES string of the molecule is CNc1ccc(C(=O)NC2CCC(C(F)(F)F)CC2)cn1. The third-order valence-corrected chi connectivity index (χ3v) is 3.81. The fraction of sp³-hybridized carbons (Fsp3) is 0.571. The predicted molar refractivity (Wildman–Crippen MR) is 73.1 cm³/mol. The monoisotopic (exact) mass is 301 g/mol. The largest absolute Gasteiger partial charge is 0.391 e. The molecule has 0 aromatic carbocycles. The smallest absolute Gasteiger partial charge is 0.373 e. The van der Waals surface area contributed by atoms with Gasteiger partial charge in [0.1, 0.15) is 5.82 Å². The van der Waals surface area contributed by atoms with Gasteiger partial charge in [0.05, 0.1) is 11.5 Å². The highest BCUT2D eigenvalue weighted by Crippen LogP contribution is 2.37. The standard InChI is InChI=1S/C14H18F3N3O/c1-18-12-7-2-9(8-19-12)13(21)20-11-5-3-10(4-6-11)14(15,16)17/h2,7-8,10-11H,3-6H2,1H3,(H,18,19)(H,20,21). The zero-order valence-electron chi connectivity index (χ0n) is 11.7. The Kier molecular flexibility index (Phi) is 4.69. The summed E-state index contributed by atoms with van der Waals surface area (Å²) in [7, 11) is 1.72. The summed E-state index contributed by atoms with van der Waals surface area (Å²) in [6.45, 7) is 0. The van der Waals surface area contributed by atoms with E-state index in [1.807, 2.05) is 0 Å². The third-order valence-electron chi connectivity index (χ3n) is 3.81. The van der Waals surface area contributed by atoms with Crippen molar-refractivity contribution in [1.29, 1.82) is 0 Å². The van der Waals surface area contributed by atoms with Crippen LogP contribution >= 0.6 is 0 Å². The number of pyridine rings is 1. The van der Waals surface area contributed by atoms with Crippen LogP contribution in [0.1, 0.15) is 36.0 Å². The maximum atomic E-state index is 12.6. The minimum atomic E-state index is -4.12. The summed E-state index contributed by atoms with van der Waals surface area (Å²) in [6.07, 6.45) is -1.81. The Labute approximate surface area is 121 Å². The Bertz CT molecular complexity index is 479. The Balaban J connectivity index is 1.86. The minimum Gasteiger partial charge on any atom is -0.373 e. The number of hydrogen-bond donors (Lipinski definition) is 2. The molecule has 1 saturated carbocycles. The Morgan fingerprint density at radius 3 is 2.38 bits per heavy atom. The van der Waals surface area contributed by atoms with Crippen molar-refractivity contribution in [1.82, 2.24) is 10.3 Å². The van der Waals surface area contributed by atoms with Crippen molar-refractivity contribution in [2.75, 3.05) is 12.4 Å². The number of amides is 1. The van der Waals surface area contributed by atoms with Gasteiger partial charge in [-0.25, -0.2) is 4.98 Å². The van der Waals surface area contributed by atoms with Gasteiger partial charge in [-0.05, 0) is 37.8 Å². The van der Waals surface area contributed by atoms with Crippen LogP contribution in [-0.4, -0.2) is 30.2 Å². The van der Waals surface area contributed by atoms with E-state index in [1.54, 1.807) is 19.2 Å². The quantitative estimate of drug-likeness (QED) is 0.902. The fourth-order valence-corrected chi connectivity index (χ4v) is 2.51. The number of alkyl halides is 3. The topological polar surface area (TPSA) is 54.0 Å². The molecule has 0 spiro atoms. The Morgan fingerprint density at radius 2 is 1.90 bits per heavy atom. The molecule has 0 unspecified atom stereocenters. The Morgan fingerprint density at radius 1 is 1.24 bits per heavy atom. The van der Waals surface area contributed by atoms with Gasteiger partial charge in [0.25, 0.3) is 5.91 Å². The summed E-state index contributed by atoms with van der Waals surface area (Å²) in [5.74, 6) is -0.875. The first kappa shape index (κ1) is 15.6. The highest BCUT2D eigenvalue weighted by Gasteiger charge is 2.41. The molecule has 1 aromatic rings. The molecular weight excluding hydrogens is 283 g/mol. The average Bonchev–Trinajstić information content (AvgIpc) is 2.47. The molecule has 1 heterocycles. The zero-order chi connectivity index (χ0) is 15.5. The lowest BCUT2D eigenvalue weighted by atomic mass is 9.85. The van der Waals surface area contributed by atoms with E-state index < -0.39 is 12.1 Å². The molecule has 21 heavy (non-hydrogen) atoms. The van der Waals surface area contributed by atoms with Gasteiger partial charge in [-0.2, -0.15) is 13.2 Å². The molecule has 0 atom stereocenters. The lowest BCUT2D eigenvalue weighted by Gasteiger charge is -2.30. The number of aromatic nitrogens is 1. The number of carbonyl (C=O) groups is 1. The molecule has 0 saturated heterocycles. The number of hydrogen-bond acceptors (Lipinski definition) is 3. The van der Waals surface area contributed by atoms with Gasteiger partial charge in [0, 0.05) is 19.3 Å². The summed E-state index contributed by atoms with van der Waals surface area (Å²) in [4.78, 5) is 16.0. The normalized spacial score (nSPS) is 22.7. The number of nitrogens with one attached hydrogen (secondary N) is 2.